The second-order valence-electron chi connectivity index (χ2n) is 10.2. The molecule has 4 heterocycles. The quantitative estimate of drug-likeness (QED) is 0.302. The molecule has 10 nitrogen and oxygen atoms in total. The number of halogens is 3. The Morgan fingerprint density at radius 3 is 2.74 bits per heavy atom. The van der Waals surface area contributed by atoms with Crippen LogP contribution in [-0.2, 0) is 22.3 Å². The number of nitrogens with one attached hydrogen (secondary N) is 2. The van der Waals surface area contributed by atoms with E-state index >= 15 is 0 Å². The Balaban J connectivity index is 1.46. The summed E-state index contributed by atoms with van der Waals surface area (Å²) in [6, 6.07) is 7.96. The van der Waals surface area contributed by atoms with Crippen molar-refractivity contribution in [1.29, 1.82) is 0 Å². The van der Waals surface area contributed by atoms with Crippen LogP contribution in [0.15, 0.2) is 54.9 Å². The Kier molecular flexibility index (Phi) is 8.71. The van der Waals surface area contributed by atoms with Crippen molar-refractivity contribution < 1.29 is 27.5 Å². The van der Waals surface area contributed by atoms with Crippen LogP contribution in [0.4, 0.5) is 24.8 Å². The maximum atomic E-state index is 13.0. The van der Waals surface area contributed by atoms with Gasteiger partial charge in [-0.05, 0) is 50.5 Å². The van der Waals surface area contributed by atoms with Crippen molar-refractivity contribution in [3.63, 3.8) is 0 Å². The molecule has 0 spiro atoms. The molecule has 0 saturated heterocycles. The van der Waals surface area contributed by atoms with Gasteiger partial charge in [0, 0.05) is 48.3 Å². The molecule has 4 aromatic rings. The predicted molar refractivity (Wildman–Crippen MR) is 156 cm³/mol. The van der Waals surface area contributed by atoms with E-state index in [2.05, 4.69) is 20.6 Å². The number of carbonyl (C=O) groups is 2. The Morgan fingerprint density at radius 2 is 1.98 bits per heavy atom. The Hall–Kier alpha value is -4.78. The van der Waals surface area contributed by atoms with Crippen LogP contribution in [0, 0.1) is 0 Å². The highest BCUT2D eigenvalue weighted by molar-refractivity contribution is 6.06. The molecule has 1 aliphatic heterocycles. The number of alkyl halides is 3. The SMILES string of the molecule is C[C@@H]1CCn2nc(-c3ccc(C(=O)Nc4cc(C(F)(F)F)ccn4)cc3)c3c(N)ncc(c32)/C=C/CCCOCC(=O)N1. The van der Waals surface area contributed by atoms with Crippen molar-refractivity contribution in [3.8, 4) is 11.3 Å². The molecule has 0 bridgehead atoms. The molecule has 3 aromatic heterocycles. The minimum absolute atomic E-state index is 0.00930. The number of hydrogen-bond acceptors (Lipinski definition) is 7. The summed E-state index contributed by atoms with van der Waals surface area (Å²) in [5, 5.41) is 10.9. The van der Waals surface area contributed by atoms with Crippen molar-refractivity contribution >= 4 is 40.4 Å². The van der Waals surface area contributed by atoms with Gasteiger partial charge >= 0.3 is 6.18 Å². The van der Waals surface area contributed by atoms with Gasteiger partial charge in [-0.25, -0.2) is 9.97 Å². The molecule has 224 valence electrons. The van der Waals surface area contributed by atoms with Crippen LogP contribution in [0.25, 0.3) is 28.2 Å². The number of hydrogen-bond donors (Lipinski definition) is 3. The first kappa shape index (κ1) is 29.7. The van der Waals surface area contributed by atoms with Crippen molar-refractivity contribution in [2.75, 3.05) is 24.3 Å². The smallest absolute Gasteiger partial charge is 0.383 e. The predicted octanol–water partition coefficient (Wildman–Crippen LogP) is 5.07. The highest BCUT2D eigenvalue weighted by Gasteiger charge is 2.31. The fourth-order valence-corrected chi connectivity index (χ4v) is 4.77. The third-order valence-corrected chi connectivity index (χ3v) is 6.95. The number of allylic oxidation sites excluding steroid dienone is 1. The molecule has 0 aliphatic carbocycles. The Bertz CT molecular complexity index is 1670. The van der Waals surface area contributed by atoms with Gasteiger partial charge < -0.3 is 21.1 Å². The van der Waals surface area contributed by atoms with Gasteiger partial charge in [-0.15, -0.1) is 0 Å². The molecule has 0 fully saturated rings. The molecule has 43 heavy (non-hydrogen) atoms. The highest BCUT2D eigenvalue weighted by atomic mass is 19.4. The van der Waals surface area contributed by atoms with Gasteiger partial charge in [0.05, 0.1) is 16.5 Å². The fraction of sp³-hybridized carbons (Fsp3) is 0.300. The number of nitrogens with two attached hydrogens (primary N) is 1. The van der Waals surface area contributed by atoms with Crippen molar-refractivity contribution in [1.82, 2.24) is 25.1 Å². The van der Waals surface area contributed by atoms with E-state index < -0.39 is 17.6 Å². The second kappa shape index (κ2) is 12.6. The maximum Gasteiger partial charge on any atom is 0.416 e. The Morgan fingerprint density at radius 1 is 1.19 bits per heavy atom. The van der Waals surface area contributed by atoms with Crippen LogP contribution < -0.4 is 16.4 Å². The first-order valence-electron chi connectivity index (χ1n) is 13.7. The number of amides is 2. The minimum atomic E-state index is -4.56. The molecule has 1 aliphatic rings. The average Bonchev–Trinajstić information content (AvgIpc) is 3.36. The third kappa shape index (κ3) is 7.00. The van der Waals surface area contributed by atoms with E-state index in [4.69, 9.17) is 15.6 Å². The number of rotatable bonds is 3. The highest BCUT2D eigenvalue weighted by Crippen LogP contribution is 2.34. The zero-order valence-corrected chi connectivity index (χ0v) is 23.3. The lowest BCUT2D eigenvalue weighted by molar-refractivity contribution is -0.137. The van der Waals surface area contributed by atoms with Gasteiger partial charge in [-0.2, -0.15) is 18.3 Å². The molecule has 0 saturated carbocycles. The monoisotopic (exact) mass is 593 g/mol. The summed E-state index contributed by atoms with van der Waals surface area (Å²) in [6.45, 7) is 2.87. The standard InChI is InChI=1S/C30H30F3N7O3/c1-18-11-13-40-27-21(5-3-2-4-14-43-17-24(41)37-18)16-36-28(34)25(27)26(39-40)19-6-8-20(9-7-19)29(42)38-23-15-22(10-12-35-23)30(31,32)33/h3,5-10,12,15-16,18H,2,4,11,13-14,17H2,1H3,(H2,34,36)(H,37,41)(H,35,38,42)/b5-3+/t18-/m1/s1. The molecule has 1 aromatic carbocycles. The van der Waals surface area contributed by atoms with Gasteiger partial charge in [-0.1, -0.05) is 24.3 Å². The van der Waals surface area contributed by atoms with Gasteiger partial charge in [0.25, 0.3) is 5.91 Å². The van der Waals surface area contributed by atoms with Crippen molar-refractivity contribution in [2.24, 2.45) is 0 Å². The number of anilines is 2. The second-order valence-corrected chi connectivity index (χ2v) is 10.2. The van der Waals surface area contributed by atoms with Gasteiger partial charge in [0.2, 0.25) is 5.91 Å². The molecule has 5 rings (SSSR count). The average molecular weight is 594 g/mol. The van der Waals surface area contributed by atoms with Crippen LogP contribution >= 0.6 is 0 Å². The lowest BCUT2D eigenvalue weighted by atomic mass is 10.0. The summed E-state index contributed by atoms with van der Waals surface area (Å²) in [5.74, 6) is -0.710. The molecular weight excluding hydrogens is 563 g/mol. The normalized spacial score (nSPS) is 17.5. The van der Waals surface area contributed by atoms with Crippen LogP contribution in [0.1, 0.15) is 47.7 Å². The summed E-state index contributed by atoms with van der Waals surface area (Å²) >= 11 is 0. The van der Waals surface area contributed by atoms with E-state index in [0.717, 1.165) is 42.3 Å². The summed E-state index contributed by atoms with van der Waals surface area (Å²) in [7, 11) is 0. The zero-order chi connectivity index (χ0) is 30.6. The van der Waals surface area contributed by atoms with Crippen LogP contribution in [0.3, 0.4) is 0 Å². The lowest BCUT2D eigenvalue weighted by Gasteiger charge is -2.14. The van der Waals surface area contributed by atoms with Crippen LogP contribution in [-0.4, -0.2) is 50.8 Å². The molecule has 4 N–H and O–H groups in total. The van der Waals surface area contributed by atoms with E-state index in [-0.39, 0.29) is 29.9 Å². The van der Waals surface area contributed by atoms with Gasteiger partial charge in [0.1, 0.15) is 23.9 Å². The number of pyridine rings is 2. The van der Waals surface area contributed by atoms with E-state index in [1.54, 1.807) is 30.5 Å². The van der Waals surface area contributed by atoms with E-state index in [9.17, 15) is 22.8 Å². The van der Waals surface area contributed by atoms with Crippen molar-refractivity contribution in [3.05, 3.63) is 71.6 Å². The van der Waals surface area contributed by atoms with E-state index in [1.165, 1.54) is 0 Å². The molecule has 0 radical (unpaired) electrons. The van der Waals surface area contributed by atoms with Crippen LogP contribution in [0.2, 0.25) is 0 Å². The Labute approximate surface area is 245 Å². The fourth-order valence-electron chi connectivity index (χ4n) is 4.77. The van der Waals surface area contributed by atoms with Gasteiger partial charge in [-0.3, -0.25) is 14.3 Å². The number of aryl methyl sites for hydroxylation is 1. The number of nitrogens with zero attached hydrogens (tertiary/aromatic N) is 4. The topological polar surface area (TPSA) is 137 Å². The molecule has 0 unspecified atom stereocenters. The number of benzene rings is 1. The maximum absolute atomic E-state index is 13.0. The number of aromatic nitrogens is 4. The lowest BCUT2D eigenvalue weighted by Crippen LogP contribution is -2.36. The summed E-state index contributed by atoms with van der Waals surface area (Å²) in [6.07, 6.45) is 4.20. The first-order chi connectivity index (χ1) is 20.6. The first-order valence-corrected chi connectivity index (χ1v) is 13.7. The summed E-state index contributed by atoms with van der Waals surface area (Å²) in [5.41, 5.74) is 8.54. The molecular formula is C30H30F3N7O3. The van der Waals surface area contributed by atoms with Gasteiger partial charge in [0.15, 0.2) is 0 Å². The summed E-state index contributed by atoms with van der Waals surface area (Å²) < 4.78 is 46.5. The number of ether oxygens (including phenoxy) is 1. The number of nitrogen functional groups attached to an aromatic ring is 1. The van der Waals surface area contributed by atoms with Crippen molar-refractivity contribution in [2.45, 2.75) is 44.9 Å². The molecule has 2 amide bonds. The number of carbonyl (C=O) groups excluding carboxylic acids is 2. The largest absolute Gasteiger partial charge is 0.416 e. The van der Waals surface area contributed by atoms with Crippen LogP contribution in [0.5, 0.6) is 0 Å². The molecule has 13 heteroatoms. The minimum Gasteiger partial charge on any atom is -0.383 e. The van der Waals surface area contributed by atoms with E-state index in [0.29, 0.717) is 42.0 Å². The zero-order valence-electron chi connectivity index (χ0n) is 23.3. The third-order valence-electron chi connectivity index (χ3n) is 6.95. The molecule has 1 atom stereocenters. The summed E-state index contributed by atoms with van der Waals surface area (Å²) in [4.78, 5) is 33.2. The van der Waals surface area contributed by atoms with E-state index in [1.807, 2.05) is 23.8 Å².